The number of nitrogens with two attached hydrogens (primary N) is 5. The number of fused-ring (bicyclic) bond motifs is 5. The SMILES string of the molecule is Cn1c[n+]([C@@H]2O[C@H](COP(=O)(O)OP(=O)(O)OP(=O)(O)OC[C@H]3O[C@@H](n4cnc5c(N)ncnc54)[C@H](O)[C@@H]3OP(=O)(O)OC[C@H]3O[C@@H](n4cnc5c(N)ncnc54)[C@H](O)[C@@H]3OP(=O)(O)OC[C@H]3O[C@@H](n4cnc5c(N)ncnc54)[C@H](O)[C@@H]3OP(=O)(O)OC[C@H]3O[C@@H](n4cnc5c(N)ncnc54)[C@H](O)[C@@H]3O)[C@@H](O)[C@H]2O)c2nc(N)[nH]c(=O)c21. The highest BCUT2D eigenvalue weighted by atomic mass is 31.3. The number of nitrogens with one attached hydrogen (secondary N) is 1. The number of aliphatic hydroxyl groups excluding tert-OH is 7. The van der Waals surface area contributed by atoms with Gasteiger partial charge < -0.3 is 117 Å². The van der Waals surface area contributed by atoms with Gasteiger partial charge in [0.1, 0.15) is 139 Å². The minimum absolute atomic E-state index is 0.0383. The van der Waals surface area contributed by atoms with E-state index in [4.69, 9.17) is 88.5 Å². The number of ether oxygens (including phenoxy) is 5. The highest BCUT2D eigenvalue weighted by Gasteiger charge is 2.57. The molecule has 0 spiro atoms. The van der Waals surface area contributed by atoms with Gasteiger partial charge in [0.05, 0.1) is 65.4 Å². The number of H-pyrrole nitrogens is 1. The zero-order valence-corrected chi connectivity index (χ0v) is 64.0. The van der Waals surface area contributed by atoms with Crippen LogP contribution in [0, 0.1) is 0 Å². The molecule has 15 heterocycles. The van der Waals surface area contributed by atoms with E-state index >= 15 is 0 Å². The summed E-state index contributed by atoms with van der Waals surface area (Å²) in [6.07, 6.45) is -29.6. The number of hydrogen-bond donors (Lipinski definition) is 19. The zero-order valence-electron chi connectivity index (χ0n) is 58.6. The second kappa shape index (κ2) is 31.8. The number of phosphoric acid groups is 6. The van der Waals surface area contributed by atoms with Crippen molar-refractivity contribution in [3.05, 3.63) is 67.3 Å². The predicted octanol–water partition coefficient (Wildman–Crippen LogP) is -6.29. The van der Waals surface area contributed by atoms with Gasteiger partial charge in [-0.05, 0) is 0 Å². The molecule has 66 heteroatoms. The first-order chi connectivity index (χ1) is 55.2. The van der Waals surface area contributed by atoms with Crippen molar-refractivity contribution in [1.82, 2.24) is 92.6 Å². The maximum atomic E-state index is 14.4. The standard InChI is InChI=1S/C51H65N25O35P6/c1-71-15-76(44-25(71)45(84)70-51(56)69-44)47-29(80)27(78)17(103-47)3-100-115(91,92)110-117(95,96)111-116(93,94)101-6-20-35(32(83)50(106-20)75-14-68-24-39(55)60-10-64-43(24)75)109-114(89,90)99-5-19-34(31(82)49(105-19)74-13-67-23-38(54)59-9-63-42(23)74)108-113(87,88)98-4-18-33(30(81)48(104-18)73-12-66-22-37(53)58-8-62-41(22)73)107-112(85,86)97-2-16-26(77)28(79)46(102-16)72-11-65-21-36(52)57-7-61-40(21)72/h7-20,26-35,46-50,77-83H,2-6H2,1H3,(H16-,52,53,54,55,56,57,58,59,60,61,62,63,64,69,70,84,85,86,87,88,89,90,91,92,93,94,95,96)/p+1/t16-,17-,18-,19-,20-,26-,27-,28-,29-,30-,31-,32-,33-,34-,35-,46-,47-,48-,49-,50-/m1/s1. The van der Waals surface area contributed by atoms with Crippen LogP contribution in [0.1, 0.15) is 31.1 Å². The van der Waals surface area contributed by atoms with Crippen LogP contribution in [-0.4, -0.2) is 282 Å². The van der Waals surface area contributed by atoms with Gasteiger partial charge in [-0.2, -0.15) is 8.62 Å². The maximum absolute atomic E-state index is 14.4. The van der Waals surface area contributed by atoms with Crippen molar-refractivity contribution in [2.24, 2.45) is 7.05 Å². The number of hydrogen-bond acceptors (Lipinski definition) is 47. The molecule has 15 rings (SSSR count). The van der Waals surface area contributed by atoms with E-state index in [0.29, 0.717) is 0 Å². The lowest BCUT2D eigenvalue weighted by atomic mass is 10.1. The fraction of sp³-hybridized carbons (Fsp3) is 0.510. The van der Waals surface area contributed by atoms with E-state index in [9.17, 15) is 97.3 Å². The highest BCUT2D eigenvalue weighted by molar-refractivity contribution is 7.66. The van der Waals surface area contributed by atoms with E-state index in [1.54, 1.807) is 0 Å². The van der Waals surface area contributed by atoms with Crippen LogP contribution in [0.2, 0.25) is 0 Å². The number of aryl methyl sites for hydroxylation is 1. The summed E-state index contributed by atoms with van der Waals surface area (Å²) < 4.78 is 169. The molecule has 60 nitrogen and oxygen atoms in total. The number of aromatic nitrogens is 20. The normalized spacial score (nSPS) is 31.5. The van der Waals surface area contributed by atoms with Crippen LogP contribution in [0.25, 0.3) is 55.8 Å². The number of phosphoric ester groups is 5. The Hall–Kier alpha value is -8.19. The van der Waals surface area contributed by atoms with Crippen LogP contribution >= 0.6 is 46.9 Å². The van der Waals surface area contributed by atoms with E-state index in [2.05, 4.69) is 78.4 Å². The third-order valence-electron chi connectivity index (χ3n) is 18.5. The molecule has 10 aromatic rings. The monoisotopic (exact) mass is 1770 g/mol. The van der Waals surface area contributed by atoms with Crippen molar-refractivity contribution >= 4 is 132 Å². The molecule has 26 atom stereocenters. The first-order valence-corrected chi connectivity index (χ1v) is 42.3. The fourth-order valence-corrected chi connectivity index (χ4v) is 19.6. The van der Waals surface area contributed by atoms with Crippen LogP contribution in [0.4, 0.5) is 29.2 Å². The van der Waals surface area contributed by atoms with Crippen LogP contribution in [-0.2, 0) is 103 Å². The summed E-state index contributed by atoms with van der Waals surface area (Å²) >= 11 is 0. The van der Waals surface area contributed by atoms with Gasteiger partial charge in [0, 0.05) is 0 Å². The largest absolute Gasteiger partial charge is 0.490 e. The number of rotatable bonds is 30. The van der Waals surface area contributed by atoms with E-state index < -0.39 is 208 Å². The van der Waals surface area contributed by atoms with Crippen molar-refractivity contribution in [3.8, 4) is 0 Å². The van der Waals surface area contributed by atoms with Crippen molar-refractivity contribution in [3.63, 3.8) is 0 Å². The lowest BCUT2D eigenvalue weighted by Gasteiger charge is -2.26. The number of aromatic amines is 1. The third-order valence-corrected chi connectivity index (χ3v) is 25.7. The Bertz CT molecular complexity index is 5810. The predicted molar refractivity (Wildman–Crippen MR) is 372 cm³/mol. The van der Waals surface area contributed by atoms with Gasteiger partial charge in [-0.15, -0.1) is 0 Å². The Labute approximate surface area is 646 Å². The second-order valence-electron chi connectivity index (χ2n) is 26.0. The van der Waals surface area contributed by atoms with Crippen molar-refractivity contribution in [2.45, 2.75) is 123 Å². The van der Waals surface area contributed by atoms with Gasteiger partial charge in [-0.25, -0.2) is 91.8 Å². The number of anilines is 5. The molecule has 5 aliphatic rings. The first-order valence-electron chi connectivity index (χ1n) is 33.3. The smallest absolute Gasteiger partial charge is 0.387 e. The second-order valence-corrected chi connectivity index (χ2v) is 34.9. The van der Waals surface area contributed by atoms with Crippen molar-refractivity contribution in [1.29, 1.82) is 0 Å². The lowest BCUT2D eigenvalue weighted by Crippen LogP contribution is -2.46. The van der Waals surface area contributed by atoms with Crippen molar-refractivity contribution in [2.75, 3.05) is 61.7 Å². The van der Waals surface area contributed by atoms with Crippen LogP contribution in [0.5, 0.6) is 0 Å². The van der Waals surface area contributed by atoms with Crippen LogP contribution in [0.15, 0.2) is 61.7 Å². The summed E-state index contributed by atoms with van der Waals surface area (Å²) in [7, 11) is -34.6. The average Bonchev–Trinajstić information content (AvgIpc) is 1.64. The molecule has 5 fully saturated rings. The number of imidazole rings is 5. The summed E-state index contributed by atoms with van der Waals surface area (Å²) in [6, 6.07) is 0. The fourth-order valence-electron chi connectivity index (χ4n) is 13.2. The van der Waals surface area contributed by atoms with Gasteiger partial charge in [-0.1, -0.05) is 4.98 Å². The summed E-state index contributed by atoms with van der Waals surface area (Å²) in [5.41, 5.74) is 28.1. The lowest BCUT2D eigenvalue weighted by molar-refractivity contribution is -0.745. The molecule has 0 aliphatic carbocycles. The molecular formula is C51H66N25O35P6+. The topological polar surface area (TPSA) is 863 Å². The average molecular weight is 1780 g/mol. The summed E-state index contributed by atoms with van der Waals surface area (Å²) in [6.45, 7) is -6.43. The van der Waals surface area contributed by atoms with E-state index in [0.717, 1.165) is 62.6 Å². The molecule has 0 radical (unpaired) electrons. The Morgan fingerprint density at radius 1 is 0.410 bits per heavy atom. The molecule has 5 aliphatic heterocycles. The Balaban J connectivity index is 0.634. The molecule has 0 bridgehead atoms. The molecule has 6 unspecified atom stereocenters. The zero-order chi connectivity index (χ0) is 83.7. The van der Waals surface area contributed by atoms with Gasteiger partial charge in [-0.3, -0.25) is 68.8 Å². The number of nitrogen functional groups attached to an aromatic ring is 5. The molecule has 10 aromatic heterocycles. The van der Waals surface area contributed by atoms with Crippen LogP contribution < -0.4 is 38.8 Å². The molecule has 0 amide bonds. The summed E-state index contributed by atoms with van der Waals surface area (Å²) in [5, 5.41) is 79.8. The summed E-state index contributed by atoms with van der Waals surface area (Å²) in [4.78, 5) is 133. The first kappa shape index (κ1) is 83.9. The van der Waals surface area contributed by atoms with Gasteiger partial charge in [0.15, 0.2) is 77.1 Å². The Morgan fingerprint density at radius 2 is 0.718 bits per heavy atom. The van der Waals surface area contributed by atoms with E-state index in [1.165, 1.54) is 28.8 Å². The van der Waals surface area contributed by atoms with Gasteiger partial charge in [0.25, 0.3) is 11.5 Å². The third kappa shape index (κ3) is 16.7. The molecule has 634 valence electrons. The maximum Gasteiger partial charge on any atom is 0.490 e. The minimum Gasteiger partial charge on any atom is -0.387 e. The molecule has 0 saturated carbocycles. The minimum atomic E-state index is -6.39. The number of aliphatic hydroxyl groups is 7. The molecule has 5 saturated heterocycles. The molecule has 0 aromatic carbocycles. The Kier molecular flexibility index (Phi) is 22.8. The molecular weight excluding hydrogens is 1710 g/mol. The highest BCUT2D eigenvalue weighted by Crippen LogP contribution is 2.68. The van der Waals surface area contributed by atoms with Crippen molar-refractivity contribution < 1.29 is 166 Å². The molecule has 24 N–H and O–H groups in total. The van der Waals surface area contributed by atoms with Crippen LogP contribution in [0.3, 0.4) is 0 Å². The van der Waals surface area contributed by atoms with Gasteiger partial charge in [0.2, 0.25) is 11.7 Å². The van der Waals surface area contributed by atoms with Gasteiger partial charge >= 0.3 is 52.6 Å². The number of nitrogens with zero attached hydrogens (tertiary/aromatic N) is 19. The van der Waals surface area contributed by atoms with E-state index in [1.807, 2.05) is 0 Å². The Morgan fingerprint density at radius 3 is 1.08 bits per heavy atom. The van der Waals surface area contributed by atoms with E-state index in [-0.39, 0.29) is 85.0 Å². The molecule has 117 heavy (non-hydrogen) atoms. The quantitative estimate of drug-likeness (QED) is 0.0147. The summed E-state index contributed by atoms with van der Waals surface area (Å²) in [5.74, 6) is -0.977.